The Labute approximate surface area is 171 Å². The smallest absolute Gasteiger partial charge is 0.194 e. The van der Waals surface area contributed by atoms with Crippen LogP contribution in [0.5, 0.6) is 0 Å². The lowest BCUT2D eigenvalue weighted by molar-refractivity contribution is 0.0893. The Hall–Kier alpha value is -1.93. The SMILES string of the molecule is CCNC(=NCCCOCC1CCOC1)N1CCN(c2cc(F)ccc2F)CC1. The summed E-state index contributed by atoms with van der Waals surface area (Å²) in [6.07, 6.45) is 1.96. The number of benzene rings is 1. The minimum atomic E-state index is -0.415. The summed E-state index contributed by atoms with van der Waals surface area (Å²) < 4.78 is 38.6. The number of piperazine rings is 1. The first-order chi connectivity index (χ1) is 14.2. The average molecular weight is 411 g/mol. The van der Waals surface area contributed by atoms with Gasteiger partial charge in [0.25, 0.3) is 0 Å². The highest BCUT2D eigenvalue weighted by atomic mass is 19.1. The predicted octanol–water partition coefficient (Wildman–Crippen LogP) is 2.50. The summed E-state index contributed by atoms with van der Waals surface area (Å²) in [5.74, 6) is 0.608. The topological polar surface area (TPSA) is 49.3 Å². The molecule has 1 N–H and O–H groups in total. The van der Waals surface area contributed by atoms with Crippen LogP contribution in [0.3, 0.4) is 0 Å². The number of halogens is 2. The highest BCUT2D eigenvalue weighted by molar-refractivity contribution is 5.80. The number of hydrogen-bond acceptors (Lipinski definition) is 4. The van der Waals surface area contributed by atoms with E-state index in [-0.39, 0.29) is 5.82 Å². The van der Waals surface area contributed by atoms with Crippen LogP contribution in [0.25, 0.3) is 0 Å². The Morgan fingerprint density at radius 3 is 2.83 bits per heavy atom. The largest absolute Gasteiger partial charge is 0.381 e. The van der Waals surface area contributed by atoms with Crippen molar-refractivity contribution in [1.82, 2.24) is 10.2 Å². The molecule has 0 aliphatic carbocycles. The normalized spacial score (nSPS) is 20.4. The van der Waals surface area contributed by atoms with Gasteiger partial charge in [-0.3, -0.25) is 4.99 Å². The van der Waals surface area contributed by atoms with E-state index in [1.54, 1.807) is 0 Å². The zero-order chi connectivity index (χ0) is 20.5. The first-order valence-corrected chi connectivity index (χ1v) is 10.6. The summed E-state index contributed by atoms with van der Waals surface area (Å²) in [5.41, 5.74) is 0.330. The van der Waals surface area contributed by atoms with Crippen LogP contribution in [0.1, 0.15) is 19.8 Å². The summed E-state index contributed by atoms with van der Waals surface area (Å²) in [6, 6.07) is 3.60. The number of hydrogen-bond donors (Lipinski definition) is 1. The van der Waals surface area contributed by atoms with Gasteiger partial charge in [-0.2, -0.15) is 0 Å². The number of nitrogens with one attached hydrogen (secondary N) is 1. The van der Waals surface area contributed by atoms with E-state index in [0.717, 1.165) is 51.2 Å². The van der Waals surface area contributed by atoms with Gasteiger partial charge in [-0.25, -0.2) is 8.78 Å². The highest BCUT2D eigenvalue weighted by Crippen LogP contribution is 2.22. The first kappa shape index (κ1) is 21.8. The van der Waals surface area contributed by atoms with Crippen molar-refractivity contribution in [2.45, 2.75) is 19.8 Å². The van der Waals surface area contributed by atoms with Crippen molar-refractivity contribution in [3.05, 3.63) is 29.8 Å². The molecule has 1 aromatic rings. The molecule has 1 atom stereocenters. The average Bonchev–Trinajstić information content (AvgIpc) is 3.25. The fourth-order valence-electron chi connectivity index (χ4n) is 3.63. The van der Waals surface area contributed by atoms with Gasteiger partial charge in [-0.1, -0.05) is 0 Å². The van der Waals surface area contributed by atoms with E-state index in [4.69, 9.17) is 14.5 Å². The molecule has 0 amide bonds. The molecule has 2 heterocycles. The molecule has 0 aromatic heterocycles. The van der Waals surface area contributed by atoms with Crippen molar-refractivity contribution in [3.8, 4) is 0 Å². The lowest BCUT2D eigenvalue weighted by Crippen LogP contribution is -2.52. The molecule has 2 fully saturated rings. The quantitative estimate of drug-likeness (QED) is 0.405. The summed E-state index contributed by atoms with van der Waals surface area (Å²) >= 11 is 0. The van der Waals surface area contributed by atoms with E-state index < -0.39 is 5.82 Å². The van der Waals surface area contributed by atoms with E-state index in [0.29, 0.717) is 50.9 Å². The second kappa shape index (κ2) is 11.3. The molecule has 1 unspecified atom stereocenters. The minimum absolute atomic E-state index is 0.330. The Balaban J connectivity index is 1.43. The highest BCUT2D eigenvalue weighted by Gasteiger charge is 2.22. The van der Waals surface area contributed by atoms with Crippen molar-refractivity contribution < 1.29 is 18.3 Å². The summed E-state index contributed by atoms with van der Waals surface area (Å²) in [4.78, 5) is 8.77. The number of nitrogens with zero attached hydrogens (tertiary/aromatic N) is 3. The molecule has 0 spiro atoms. The number of aliphatic imine (C=N–C) groups is 1. The third-order valence-electron chi connectivity index (χ3n) is 5.25. The number of ether oxygens (including phenoxy) is 2. The second-order valence-electron chi connectivity index (χ2n) is 7.46. The number of anilines is 1. The van der Waals surface area contributed by atoms with E-state index >= 15 is 0 Å². The molecule has 3 rings (SSSR count). The van der Waals surface area contributed by atoms with Gasteiger partial charge in [-0.15, -0.1) is 0 Å². The van der Waals surface area contributed by atoms with Crippen LogP contribution in [0, 0.1) is 17.6 Å². The van der Waals surface area contributed by atoms with Crippen LogP contribution in [0.15, 0.2) is 23.2 Å². The molecule has 2 aliphatic heterocycles. The van der Waals surface area contributed by atoms with Crippen LogP contribution >= 0.6 is 0 Å². The monoisotopic (exact) mass is 410 g/mol. The van der Waals surface area contributed by atoms with Gasteiger partial charge in [-0.05, 0) is 31.9 Å². The third kappa shape index (κ3) is 6.54. The minimum Gasteiger partial charge on any atom is -0.381 e. The Morgan fingerprint density at radius 2 is 2.10 bits per heavy atom. The third-order valence-corrected chi connectivity index (χ3v) is 5.25. The number of guanidine groups is 1. The fourth-order valence-corrected chi connectivity index (χ4v) is 3.63. The molecule has 0 saturated carbocycles. The standard InChI is InChI=1S/C21H32F2N4O2/c1-2-24-21(25-7-3-12-28-15-17-6-13-29-16-17)27-10-8-26(9-11-27)20-14-18(22)4-5-19(20)23/h4-5,14,17H,2-3,6-13,15-16H2,1H3,(H,24,25). The molecular formula is C21H32F2N4O2. The zero-order valence-electron chi connectivity index (χ0n) is 17.2. The van der Waals surface area contributed by atoms with Gasteiger partial charge < -0.3 is 24.6 Å². The number of rotatable bonds is 8. The van der Waals surface area contributed by atoms with Gasteiger partial charge in [0.05, 0.1) is 18.9 Å². The lowest BCUT2D eigenvalue weighted by Gasteiger charge is -2.37. The van der Waals surface area contributed by atoms with Crippen molar-refractivity contribution in [1.29, 1.82) is 0 Å². The molecule has 8 heteroatoms. The summed E-state index contributed by atoms with van der Waals surface area (Å²) in [6.45, 7) is 9.32. The summed E-state index contributed by atoms with van der Waals surface area (Å²) in [5, 5.41) is 3.33. The van der Waals surface area contributed by atoms with Gasteiger partial charge in [0.1, 0.15) is 11.6 Å². The van der Waals surface area contributed by atoms with Gasteiger partial charge in [0, 0.05) is 64.5 Å². The maximum absolute atomic E-state index is 14.0. The molecule has 0 radical (unpaired) electrons. The van der Waals surface area contributed by atoms with E-state index in [1.165, 1.54) is 12.1 Å². The predicted molar refractivity (Wildman–Crippen MR) is 110 cm³/mol. The van der Waals surface area contributed by atoms with Crippen molar-refractivity contribution in [2.75, 3.05) is 70.6 Å². The Kier molecular flexibility index (Phi) is 8.49. The molecule has 29 heavy (non-hydrogen) atoms. The lowest BCUT2D eigenvalue weighted by atomic mass is 10.1. The molecule has 2 saturated heterocycles. The molecule has 1 aromatic carbocycles. The van der Waals surface area contributed by atoms with Crippen molar-refractivity contribution in [2.24, 2.45) is 10.9 Å². The van der Waals surface area contributed by atoms with Gasteiger partial charge in [0.15, 0.2) is 5.96 Å². The maximum Gasteiger partial charge on any atom is 0.194 e. The van der Waals surface area contributed by atoms with Gasteiger partial charge in [0.2, 0.25) is 0 Å². The van der Waals surface area contributed by atoms with Crippen LogP contribution in [0.2, 0.25) is 0 Å². The molecule has 162 valence electrons. The van der Waals surface area contributed by atoms with Crippen molar-refractivity contribution >= 4 is 11.6 Å². The Morgan fingerprint density at radius 1 is 1.28 bits per heavy atom. The van der Waals surface area contributed by atoms with Crippen molar-refractivity contribution in [3.63, 3.8) is 0 Å². The van der Waals surface area contributed by atoms with Crippen LogP contribution < -0.4 is 10.2 Å². The van der Waals surface area contributed by atoms with Crippen LogP contribution in [-0.2, 0) is 9.47 Å². The molecule has 6 nitrogen and oxygen atoms in total. The summed E-state index contributed by atoms with van der Waals surface area (Å²) in [7, 11) is 0. The zero-order valence-corrected chi connectivity index (χ0v) is 17.2. The fraction of sp³-hybridized carbons (Fsp3) is 0.667. The van der Waals surface area contributed by atoms with E-state index in [1.807, 2.05) is 11.8 Å². The molecule has 0 bridgehead atoms. The molecular weight excluding hydrogens is 378 g/mol. The van der Waals surface area contributed by atoms with E-state index in [9.17, 15) is 8.78 Å². The van der Waals surface area contributed by atoms with Crippen LogP contribution in [-0.4, -0.2) is 76.6 Å². The second-order valence-corrected chi connectivity index (χ2v) is 7.46. The van der Waals surface area contributed by atoms with E-state index in [2.05, 4.69) is 10.2 Å². The maximum atomic E-state index is 14.0. The first-order valence-electron chi connectivity index (χ1n) is 10.6. The molecule has 2 aliphatic rings. The van der Waals surface area contributed by atoms with Crippen LogP contribution in [0.4, 0.5) is 14.5 Å². The Bertz CT molecular complexity index is 660. The van der Waals surface area contributed by atoms with Gasteiger partial charge >= 0.3 is 0 Å².